The lowest BCUT2D eigenvalue weighted by Gasteiger charge is -2.33. The van der Waals surface area contributed by atoms with E-state index in [-0.39, 0.29) is 34.1 Å². The van der Waals surface area contributed by atoms with Crippen LogP contribution in [-0.2, 0) is 26.2 Å². The standard InChI is InChI=1S/C29H30Cl3N3O4S/c1-20(29(37)33-23-10-6-7-11-23)34(18-21-9-5-8-14-25(21)31)28(36)19-35(27-16-15-22(30)17-26(27)32)40(38,39)24-12-3-2-4-13-24/h2-5,8-9,12-17,20,23H,6-7,10-11,18-19H2,1H3,(H,33,37)/t20-/m1/s1. The molecule has 3 aromatic rings. The fraction of sp³-hybridized carbons (Fsp3) is 0.310. The summed E-state index contributed by atoms with van der Waals surface area (Å²) in [6.07, 6.45) is 3.84. The van der Waals surface area contributed by atoms with Gasteiger partial charge in [0.05, 0.1) is 15.6 Å². The molecular weight excluding hydrogens is 593 g/mol. The molecule has 3 aromatic carbocycles. The summed E-state index contributed by atoms with van der Waals surface area (Å²) in [5.74, 6) is -0.909. The Hall–Kier alpha value is -2.78. The van der Waals surface area contributed by atoms with Crippen LogP contribution in [0.2, 0.25) is 15.1 Å². The van der Waals surface area contributed by atoms with Crippen LogP contribution in [0.4, 0.5) is 5.69 Å². The molecule has 0 aliphatic heterocycles. The number of nitrogens with zero attached hydrogens (tertiary/aromatic N) is 2. The number of carbonyl (C=O) groups excluding carboxylic acids is 2. The number of benzene rings is 3. The van der Waals surface area contributed by atoms with Gasteiger partial charge in [0.25, 0.3) is 10.0 Å². The van der Waals surface area contributed by atoms with Gasteiger partial charge in [0.2, 0.25) is 11.8 Å². The van der Waals surface area contributed by atoms with Gasteiger partial charge >= 0.3 is 0 Å². The van der Waals surface area contributed by atoms with Crippen molar-refractivity contribution in [3.05, 3.63) is 93.4 Å². The van der Waals surface area contributed by atoms with Crippen molar-refractivity contribution in [2.45, 2.75) is 56.1 Å². The summed E-state index contributed by atoms with van der Waals surface area (Å²) in [5.41, 5.74) is 0.712. The van der Waals surface area contributed by atoms with E-state index < -0.39 is 28.5 Å². The van der Waals surface area contributed by atoms with E-state index in [0.29, 0.717) is 15.6 Å². The third-order valence-corrected chi connectivity index (χ3v) is 9.64. The molecule has 0 spiro atoms. The Morgan fingerprint density at radius 2 is 1.57 bits per heavy atom. The van der Waals surface area contributed by atoms with Crippen molar-refractivity contribution in [3.63, 3.8) is 0 Å². The summed E-state index contributed by atoms with van der Waals surface area (Å²) in [6.45, 7) is 1.03. The van der Waals surface area contributed by atoms with Crippen molar-refractivity contribution in [2.24, 2.45) is 0 Å². The van der Waals surface area contributed by atoms with Crippen molar-refractivity contribution in [3.8, 4) is 0 Å². The third kappa shape index (κ3) is 7.10. The van der Waals surface area contributed by atoms with Crippen LogP contribution in [0.3, 0.4) is 0 Å². The Morgan fingerprint density at radius 3 is 2.23 bits per heavy atom. The second-order valence-electron chi connectivity index (χ2n) is 9.70. The van der Waals surface area contributed by atoms with Crippen LogP contribution in [0.1, 0.15) is 38.2 Å². The zero-order valence-electron chi connectivity index (χ0n) is 21.9. The van der Waals surface area contributed by atoms with E-state index in [1.807, 2.05) is 0 Å². The molecular formula is C29H30Cl3N3O4S. The highest BCUT2D eigenvalue weighted by Gasteiger charge is 2.34. The molecule has 1 atom stereocenters. The molecule has 212 valence electrons. The zero-order chi connectivity index (χ0) is 28.9. The average molecular weight is 623 g/mol. The second kappa shape index (κ2) is 13.3. The summed E-state index contributed by atoms with van der Waals surface area (Å²) >= 11 is 18.9. The molecule has 0 bridgehead atoms. The van der Waals surface area contributed by atoms with Crippen molar-refractivity contribution < 1.29 is 18.0 Å². The van der Waals surface area contributed by atoms with Gasteiger partial charge in [0, 0.05) is 22.6 Å². The molecule has 0 radical (unpaired) electrons. The van der Waals surface area contributed by atoms with Crippen LogP contribution in [0.25, 0.3) is 0 Å². The minimum Gasteiger partial charge on any atom is -0.352 e. The Morgan fingerprint density at radius 1 is 0.925 bits per heavy atom. The predicted molar refractivity (Wildman–Crippen MR) is 159 cm³/mol. The molecule has 0 unspecified atom stereocenters. The summed E-state index contributed by atoms with van der Waals surface area (Å²) < 4.78 is 28.6. The number of sulfonamides is 1. The maximum Gasteiger partial charge on any atom is 0.264 e. The molecule has 11 heteroatoms. The zero-order valence-corrected chi connectivity index (χ0v) is 25.0. The SMILES string of the molecule is C[C@H](C(=O)NC1CCCC1)N(Cc1ccccc1Cl)C(=O)CN(c1ccc(Cl)cc1Cl)S(=O)(=O)c1ccccc1. The molecule has 0 heterocycles. The molecule has 40 heavy (non-hydrogen) atoms. The lowest BCUT2D eigenvalue weighted by atomic mass is 10.1. The number of hydrogen-bond donors (Lipinski definition) is 1. The molecule has 1 N–H and O–H groups in total. The van der Waals surface area contributed by atoms with Gasteiger partial charge in [-0.1, -0.05) is 84.0 Å². The van der Waals surface area contributed by atoms with Crippen LogP contribution in [0.15, 0.2) is 77.7 Å². The van der Waals surface area contributed by atoms with E-state index >= 15 is 0 Å². The van der Waals surface area contributed by atoms with Gasteiger partial charge in [-0.25, -0.2) is 8.42 Å². The first kappa shape index (κ1) is 30.2. The van der Waals surface area contributed by atoms with E-state index in [2.05, 4.69) is 5.32 Å². The number of carbonyl (C=O) groups is 2. The molecule has 1 aliphatic carbocycles. The smallest absolute Gasteiger partial charge is 0.264 e. The van der Waals surface area contributed by atoms with E-state index in [1.165, 1.54) is 35.2 Å². The van der Waals surface area contributed by atoms with Crippen LogP contribution in [0.5, 0.6) is 0 Å². The molecule has 1 fully saturated rings. The van der Waals surface area contributed by atoms with Gasteiger partial charge in [-0.05, 0) is 61.7 Å². The Balaban J connectivity index is 1.71. The lowest BCUT2D eigenvalue weighted by molar-refractivity contribution is -0.139. The quantitative estimate of drug-likeness (QED) is 0.287. The van der Waals surface area contributed by atoms with Gasteiger partial charge in [0.1, 0.15) is 12.6 Å². The minimum absolute atomic E-state index is 0.00529. The van der Waals surface area contributed by atoms with Crippen LogP contribution < -0.4 is 9.62 Å². The van der Waals surface area contributed by atoms with Crippen LogP contribution in [0, 0.1) is 0 Å². The highest BCUT2D eigenvalue weighted by molar-refractivity contribution is 7.92. The molecule has 1 saturated carbocycles. The first-order valence-corrected chi connectivity index (χ1v) is 15.5. The number of anilines is 1. The number of amides is 2. The summed E-state index contributed by atoms with van der Waals surface area (Å²) in [4.78, 5) is 28.6. The largest absolute Gasteiger partial charge is 0.352 e. The van der Waals surface area contributed by atoms with Crippen molar-refractivity contribution >= 4 is 62.3 Å². The molecule has 1 aliphatic rings. The maximum atomic E-state index is 14.0. The van der Waals surface area contributed by atoms with Crippen molar-refractivity contribution in [1.82, 2.24) is 10.2 Å². The Kier molecular flexibility index (Phi) is 10.0. The average Bonchev–Trinajstić information content (AvgIpc) is 3.44. The summed E-state index contributed by atoms with van der Waals surface area (Å²) in [7, 11) is -4.23. The van der Waals surface area contributed by atoms with E-state index in [0.717, 1.165) is 30.0 Å². The predicted octanol–water partition coefficient (Wildman–Crippen LogP) is 6.32. The van der Waals surface area contributed by atoms with E-state index in [1.54, 1.807) is 49.4 Å². The van der Waals surface area contributed by atoms with Gasteiger partial charge < -0.3 is 10.2 Å². The first-order chi connectivity index (χ1) is 19.1. The number of rotatable bonds is 10. The topological polar surface area (TPSA) is 86.8 Å². The van der Waals surface area contributed by atoms with Gasteiger partial charge in [-0.3, -0.25) is 13.9 Å². The Bertz CT molecular complexity index is 1460. The highest BCUT2D eigenvalue weighted by atomic mass is 35.5. The van der Waals surface area contributed by atoms with Crippen LogP contribution in [-0.4, -0.2) is 43.8 Å². The van der Waals surface area contributed by atoms with E-state index in [4.69, 9.17) is 34.8 Å². The van der Waals surface area contributed by atoms with Gasteiger partial charge in [0.15, 0.2) is 0 Å². The number of nitrogens with one attached hydrogen (secondary N) is 1. The van der Waals surface area contributed by atoms with E-state index in [9.17, 15) is 18.0 Å². The molecule has 0 aromatic heterocycles. The summed E-state index contributed by atoms with van der Waals surface area (Å²) in [5, 5.41) is 3.84. The molecule has 7 nitrogen and oxygen atoms in total. The first-order valence-electron chi connectivity index (χ1n) is 12.9. The Labute approximate surface area is 250 Å². The van der Waals surface area contributed by atoms with Crippen molar-refractivity contribution in [2.75, 3.05) is 10.8 Å². The monoisotopic (exact) mass is 621 g/mol. The fourth-order valence-electron chi connectivity index (χ4n) is 4.70. The molecule has 0 saturated heterocycles. The normalized spacial score (nSPS) is 14.5. The number of hydrogen-bond acceptors (Lipinski definition) is 4. The maximum absolute atomic E-state index is 14.0. The lowest BCUT2D eigenvalue weighted by Crippen LogP contribution is -2.52. The summed E-state index contributed by atoms with van der Waals surface area (Å²) in [6, 6.07) is 18.3. The van der Waals surface area contributed by atoms with Crippen molar-refractivity contribution in [1.29, 1.82) is 0 Å². The minimum atomic E-state index is -4.23. The van der Waals surface area contributed by atoms with Gasteiger partial charge in [-0.2, -0.15) is 0 Å². The highest BCUT2D eigenvalue weighted by Crippen LogP contribution is 2.33. The third-order valence-electron chi connectivity index (χ3n) is 6.96. The number of halogens is 3. The molecule has 2 amide bonds. The van der Waals surface area contributed by atoms with Gasteiger partial charge in [-0.15, -0.1) is 0 Å². The van der Waals surface area contributed by atoms with Crippen LogP contribution >= 0.6 is 34.8 Å². The fourth-order valence-corrected chi connectivity index (χ4v) is 6.91. The molecule has 4 rings (SSSR count). The second-order valence-corrected chi connectivity index (χ2v) is 12.8.